The van der Waals surface area contributed by atoms with E-state index in [4.69, 9.17) is 0 Å². The van der Waals surface area contributed by atoms with Gasteiger partial charge in [0, 0.05) is 16.2 Å². The van der Waals surface area contributed by atoms with Crippen LogP contribution in [-0.4, -0.2) is 6.04 Å². The van der Waals surface area contributed by atoms with E-state index in [1.807, 2.05) is 0 Å². The van der Waals surface area contributed by atoms with Crippen LogP contribution in [-0.2, 0) is 6.42 Å². The fraction of sp³-hybridized carbons (Fsp3) is 0.294. The second-order valence-corrected chi connectivity index (χ2v) is 6.09. The van der Waals surface area contributed by atoms with Crippen LogP contribution >= 0.6 is 15.9 Å². The van der Waals surface area contributed by atoms with Gasteiger partial charge < -0.3 is 5.32 Å². The summed E-state index contributed by atoms with van der Waals surface area (Å²) in [7, 11) is 0. The summed E-state index contributed by atoms with van der Waals surface area (Å²) in [6, 6.07) is 15.5. The molecule has 0 saturated carbocycles. The average molecular weight is 318 g/mol. The third-order valence-electron chi connectivity index (χ3n) is 3.38. The number of aryl methyl sites for hydroxylation is 2. The van der Waals surface area contributed by atoms with Gasteiger partial charge in [0.15, 0.2) is 0 Å². The smallest absolute Gasteiger partial charge is 0.0345 e. The Kier molecular flexibility index (Phi) is 4.65. The van der Waals surface area contributed by atoms with Crippen molar-refractivity contribution in [3.63, 3.8) is 0 Å². The minimum absolute atomic E-state index is 0.420. The Hall–Kier alpha value is -1.28. The van der Waals surface area contributed by atoms with E-state index in [-0.39, 0.29) is 0 Å². The Morgan fingerprint density at radius 3 is 2.32 bits per heavy atom. The Morgan fingerprint density at radius 2 is 1.68 bits per heavy atom. The first-order valence-electron chi connectivity index (χ1n) is 6.63. The Balaban J connectivity index is 1.98. The van der Waals surface area contributed by atoms with Crippen LogP contribution in [0, 0.1) is 13.8 Å². The molecule has 0 heterocycles. The van der Waals surface area contributed by atoms with Crippen molar-refractivity contribution in [2.24, 2.45) is 0 Å². The van der Waals surface area contributed by atoms with Crippen molar-refractivity contribution in [1.29, 1.82) is 0 Å². The van der Waals surface area contributed by atoms with Gasteiger partial charge in [-0.15, -0.1) is 0 Å². The predicted octanol–water partition coefficient (Wildman–Crippen LogP) is 5.11. The second kappa shape index (κ2) is 6.25. The summed E-state index contributed by atoms with van der Waals surface area (Å²) in [5, 5.41) is 3.56. The molecule has 1 atom stereocenters. The molecule has 0 aliphatic rings. The third kappa shape index (κ3) is 4.10. The monoisotopic (exact) mass is 317 g/mol. The van der Waals surface area contributed by atoms with Crippen molar-refractivity contribution in [2.45, 2.75) is 33.2 Å². The van der Waals surface area contributed by atoms with Crippen molar-refractivity contribution in [1.82, 2.24) is 0 Å². The summed E-state index contributed by atoms with van der Waals surface area (Å²) in [6.07, 6.45) is 1.03. The normalized spacial score (nSPS) is 12.2. The SMILES string of the molecule is Cc1ccc(NC(C)Cc2ccc(Br)cc2)cc1C. The van der Waals surface area contributed by atoms with E-state index in [9.17, 15) is 0 Å². The van der Waals surface area contributed by atoms with Gasteiger partial charge in [-0.25, -0.2) is 0 Å². The molecule has 2 heteroatoms. The van der Waals surface area contributed by atoms with Crippen molar-refractivity contribution >= 4 is 21.6 Å². The largest absolute Gasteiger partial charge is 0.382 e. The minimum Gasteiger partial charge on any atom is -0.382 e. The van der Waals surface area contributed by atoms with E-state index >= 15 is 0 Å². The summed E-state index contributed by atoms with van der Waals surface area (Å²) in [4.78, 5) is 0. The fourth-order valence-corrected chi connectivity index (χ4v) is 2.41. The lowest BCUT2D eigenvalue weighted by molar-refractivity contribution is 0.790. The molecule has 2 aromatic rings. The number of hydrogen-bond acceptors (Lipinski definition) is 1. The maximum absolute atomic E-state index is 3.56. The number of anilines is 1. The number of nitrogens with one attached hydrogen (secondary N) is 1. The lowest BCUT2D eigenvalue weighted by atomic mass is 10.1. The molecule has 0 aliphatic carbocycles. The standard InChI is InChI=1S/C17H20BrN/c1-12-4-9-17(10-13(12)2)19-14(3)11-15-5-7-16(18)8-6-15/h4-10,14,19H,11H2,1-3H3. The summed E-state index contributed by atoms with van der Waals surface area (Å²) in [5.74, 6) is 0. The van der Waals surface area contributed by atoms with Crippen LogP contribution < -0.4 is 5.32 Å². The Morgan fingerprint density at radius 1 is 1.00 bits per heavy atom. The molecule has 0 fully saturated rings. The van der Waals surface area contributed by atoms with Crippen molar-refractivity contribution < 1.29 is 0 Å². The third-order valence-corrected chi connectivity index (χ3v) is 3.90. The predicted molar refractivity (Wildman–Crippen MR) is 86.8 cm³/mol. The molecular formula is C17H20BrN. The molecule has 100 valence electrons. The van der Waals surface area contributed by atoms with Crippen LogP contribution in [0.4, 0.5) is 5.69 Å². The highest BCUT2D eigenvalue weighted by Gasteiger charge is 2.04. The first-order valence-corrected chi connectivity index (χ1v) is 7.42. The van der Waals surface area contributed by atoms with Crippen molar-refractivity contribution in [3.05, 3.63) is 63.6 Å². The van der Waals surface area contributed by atoms with E-state index in [1.54, 1.807) is 0 Å². The number of hydrogen-bond donors (Lipinski definition) is 1. The van der Waals surface area contributed by atoms with Gasteiger partial charge in [0.1, 0.15) is 0 Å². The van der Waals surface area contributed by atoms with Gasteiger partial charge in [-0.1, -0.05) is 34.1 Å². The molecule has 0 aromatic heterocycles. The lowest BCUT2D eigenvalue weighted by Crippen LogP contribution is -2.18. The van der Waals surface area contributed by atoms with Gasteiger partial charge in [-0.05, 0) is 68.1 Å². The van der Waals surface area contributed by atoms with E-state index in [0.29, 0.717) is 6.04 Å². The van der Waals surface area contributed by atoms with Crippen LogP contribution in [0.2, 0.25) is 0 Å². The molecule has 0 aliphatic heterocycles. The molecule has 19 heavy (non-hydrogen) atoms. The minimum atomic E-state index is 0.420. The zero-order valence-electron chi connectivity index (χ0n) is 11.7. The zero-order valence-corrected chi connectivity index (χ0v) is 13.3. The average Bonchev–Trinajstić information content (AvgIpc) is 2.37. The van der Waals surface area contributed by atoms with Crippen LogP contribution in [0.1, 0.15) is 23.6 Å². The molecule has 1 nitrogen and oxygen atoms in total. The quantitative estimate of drug-likeness (QED) is 0.826. The van der Waals surface area contributed by atoms with E-state index in [0.717, 1.165) is 10.9 Å². The second-order valence-electron chi connectivity index (χ2n) is 5.18. The summed E-state index contributed by atoms with van der Waals surface area (Å²) < 4.78 is 1.13. The van der Waals surface area contributed by atoms with E-state index in [1.165, 1.54) is 22.4 Å². The van der Waals surface area contributed by atoms with Crippen molar-refractivity contribution in [3.8, 4) is 0 Å². The molecular weight excluding hydrogens is 298 g/mol. The van der Waals surface area contributed by atoms with Gasteiger partial charge in [-0.2, -0.15) is 0 Å². The molecule has 0 bridgehead atoms. The first-order chi connectivity index (χ1) is 9.04. The number of halogens is 1. The van der Waals surface area contributed by atoms with Crippen LogP contribution in [0.5, 0.6) is 0 Å². The molecule has 0 amide bonds. The van der Waals surface area contributed by atoms with Gasteiger partial charge in [-0.3, -0.25) is 0 Å². The first kappa shape index (κ1) is 14.1. The Bertz CT molecular complexity index is 546. The molecule has 1 unspecified atom stereocenters. The zero-order chi connectivity index (χ0) is 13.8. The topological polar surface area (TPSA) is 12.0 Å². The van der Waals surface area contributed by atoms with E-state index < -0.39 is 0 Å². The van der Waals surface area contributed by atoms with E-state index in [2.05, 4.69) is 84.5 Å². The van der Waals surface area contributed by atoms with Gasteiger partial charge in [0.05, 0.1) is 0 Å². The summed E-state index contributed by atoms with van der Waals surface area (Å²) >= 11 is 3.46. The molecule has 0 radical (unpaired) electrons. The summed E-state index contributed by atoms with van der Waals surface area (Å²) in [5.41, 5.74) is 5.23. The maximum atomic E-state index is 3.56. The lowest BCUT2D eigenvalue weighted by Gasteiger charge is -2.16. The molecule has 1 N–H and O–H groups in total. The molecule has 2 aromatic carbocycles. The molecule has 0 saturated heterocycles. The van der Waals surface area contributed by atoms with Crippen LogP contribution in [0.25, 0.3) is 0 Å². The van der Waals surface area contributed by atoms with Gasteiger partial charge >= 0.3 is 0 Å². The van der Waals surface area contributed by atoms with Gasteiger partial charge in [0.2, 0.25) is 0 Å². The summed E-state index contributed by atoms with van der Waals surface area (Å²) in [6.45, 7) is 6.52. The highest BCUT2D eigenvalue weighted by molar-refractivity contribution is 9.10. The van der Waals surface area contributed by atoms with Crippen LogP contribution in [0.15, 0.2) is 46.9 Å². The fourth-order valence-electron chi connectivity index (χ4n) is 2.14. The maximum Gasteiger partial charge on any atom is 0.0345 e. The number of rotatable bonds is 4. The van der Waals surface area contributed by atoms with Crippen molar-refractivity contribution in [2.75, 3.05) is 5.32 Å². The number of benzene rings is 2. The molecule has 2 rings (SSSR count). The van der Waals surface area contributed by atoms with Gasteiger partial charge in [0.25, 0.3) is 0 Å². The highest BCUT2D eigenvalue weighted by atomic mass is 79.9. The Labute approximate surface area is 124 Å². The molecule has 0 spiro atoms. The highest BCUT2D eigenvalue weighted by Crippen LogP contribution is 2.17. The van der Waals surface area contributed by atoms with Crippen LogP contribution in [0.3, 0.4) is 0 Å².